The van der Waals surface area contributed by atoms with Gasteiger partial charge in [0.2, 0.25) is 11.3 Å². The van der Waals surface area contributed by atoms with Crippen molar-refractivity contribution >= 4 is 29.2 Å². The van der Waals surface area contributed by atoms with Crippen LogP contribution in [-0.2, 0) is 12.0 Å². The number of nitrogens with zero attached hydrogens (tertiary/aromatic N) is 4. The van der Waals surface area contributed by atoms with Crippen LogP contribution in [0.25, 0.3) is 33.6 Å². The van der Waals surface area contributed by atoms with E-state index in [1.807, 2.05) is 17.5 Å². The van der Waals surface area contributed by atoms with Crippen molar-refractivity contribution in [3.63, 3.8) is 0 Å². The van der Waals surface area contributed by atoms with E-state index in [0.717, 1.165) is 16.7 Å². The largest absolute Gasteiger partial charge is 0.618 e. The van der Waals surface area contributed by atoms with Crippen LogP contribution in [0.3, 0.4) is 0 Å². The van der Waals surface area contributed by atoms with E-state index in [2.05, 4.69) is 19.6 Å². The lowest BCUT2D eigenvalue weighted by atomic mass is 9.96. The van der Waals surface area contributed by atoms with Crippen LogP contribution in [0.15, 0.2) is 66.3 Å². The number of halogens is 1. The number of nitrogens with one attached hydrogen (secondary N) is 1. The molecule has 1 amide bonds. The van der Waals surface area contributed by atoms with Gasteiger partial charge in [-0.25, -0.2) is 9.78 Å². The molecule has 0 saturated heterocycles. The second-order valence-electron chi connectivity index (χ2n) is 8.85. The summed E-state index contributed by atoms with van der Waals surface area (Å²) in [5.74, 6) is 0.565. The van der Waals surface area contributed by atoms with Crippen LogP contribution in [0, 0.1) is 5.21 Å². The molecular formula is C26H19ClN6O4S. The van der Waals surface area contributed by atoms with Crippen LogP contribution < -0.4 is 15.2 Å². The summed E-state index contributed by atoms with van der Waals surface area (Å²) in [5.41, 5.74) is 8.57. The molecule has 190 valence electrons. The lowest BCUT2D eigenvalue weighted by Gasteiger charge is -2.20. The number of ether oxygens (including phenoxy) is 1. The number of amides is 1. The minimum absolute atomic E-state index is 0.228. The van der Waals surface area contributed by atoms with Gasteiger partial charge in [0.05, 0.1) is 5.69 Å². The van der Waals surface area contributed by atoms with E-state index in [4.69, 9.17) is 22.1 Å². The molecule has 38 heavy (non-hydrogen) atoms. The fourth-order valence-corrected chi connectivity index (χ4v) is 5.46. The van der Waals surface area contributed by atoms with Gasteiger partial charge >= 0.3 is 6.09 Å². The molecule has 12 heteroatoms. The number of fused-ring (bicyclic) bond motifs is 1. The number of aryl methyl sites for hydroxylation is 1. The zero-order valence-corrected chi connectivity index (χ0v) is 21.2. The van der Waals surface area contributed by atoms with Crippen LogP contribution in [0.1, 0.15) is 23.5 Å². The fraction of sp³-hybridized carbons (Fsp3) is 0.115. The van der Waals surface area contributed by atoms with Gasteiger partial charge < -0.3 is 25.8 Å². The summed E-state index contributed by atoms with van der Waals surface area (Å²) < 4.78 is 9.51. The molecule has 1 aliphatic carbocycles. The monoisotopic (exact) mass is 546 g/mol. The Bertz CT molecular complexity index is 1670. The summed E-state index contributed by atoms with van der Waals surface area (Å²) in [4.78, 5) is 18.6. The van der Waals surface area contributed by atoms with Crippen LogP contribution in [0.5, 0.6) is 5.75 Å². The molecule has 0 bridgehead atoms. The fourth-order valence-electron chi connectivity index (χ4n) is 4.83. The topological polar surface area (TPSA) is 154 Å². The number of carbonyl (C=O) groups is 1. The van der Waals surface area contributed by atoms with Gasteiger partial charge in [0.1, 0.15) is 17.3 Å². The Labute approximate surface area is 225 Å². The maximum absolute atomic E-state index is 13.4. The minimum atomic E-state index is -1.60. The van der Waals surface area contributed by atoms with E-state index in [1.54, 1.807) is 42.6 Å². The first-order chi connectivity index (χ1) is 18.3. The Kier molecular flexibility index (Phi) is 5.83. The molecule has 1 unspecified atom stereocenters. The number of pyridine rings is 1. The smallest absolute Gasteiger partial charge is 0.409 e. The van der Waals surface area contributed by atoms with Crippen molar-refractivity contribution in [3.8, 4) is 39.4 Å². The molecule has 3 heterocycles. The van der Waals surface area contributed by atoms with Crippen molar-refractivity contribution in [2.24, 2.45) is 5.73 Å². The third-order valence-corrected chi connectivity index (χ3v) is 7.26. The number of nitrogens with two attached hydrogens (primary N) is 1. The molecule has 3 aromatic heterocycles. The minimum Gasteiger partial charge on any atom is -0.618 e. The second-order valence-corrected chi connectivity index (χ2v) is 9.89. The Balaban J connectivity index is 1.36. The molecular weight excluding hydrogens is 528 g/mol. The lowest BCUT2D eigenvalue weighted by Crippen LogP contribution is -2.42. The van der Waals surface area contributed by atoms with Gasteiger partial charge in [0.25, 0.3) is 0 Å². The molecule has 10 nitrogen and oxygen atoms in total. The average Bonchev–Trinajstić information content (AvgIpc) is 3.65. The van der Waals surface area contributed by atoms with E-state index in [-0.39, 0.29) is 17.9 Å². The van der Waals surface area contributed by atoms with Crippen LogP contribution >= 0.6 is 23.1 Å². The maximum atomic E-state index is 13.4. The molecule has 4 N–H and O–H groups in total. The SMILES string of the molecule is NC(=O)Oc1ccc(-c2c[nH]c(C3(O)CCc4cc(-c5cc(Cl)ccc5-c5csnn5)c[n+]([O-])c43)n2)cc1. The molecule has 5 aromatic rings. The van der Waals surface area contributed by atoms with Gasteiger partial charge in [-0.1, -0.05) is 22.2 Å². The molecule has 1 atom stereocenters. The Morgan fingerprint density at radius 2 is 1.97 bits per heavy atom. The van der Waals surface area contributed by atoms with Gasteiger partial charge in [0, 0.05) is 38.9 Å². The lowest BCUT2D eigenvalue weighted by molar-refractivity contribution is -0.620. The summed E-state index contributed by atoms with van der Waals surface area (Å²) in [6.07, 6.45) is 2.95. The number of aromatic nitrogens is 5. The van der Waals surface area contributed by atoms with Gasteiger partial charge in [-0.05, 0) is 72.4 Å². The number of hydrogen-bond donors (Lipinski definition) is 3. The zero-order valence-electron chi connectivity index (χ0n) is 19.6. The van der Waals surface area contributed by atoms with Crippen molar-refractivity contribution in [2.45, 2.75) is 18.4 Å². The Morgan fingerprint density at radius 1 is 1.16 bits per heavy atom. The quantitative estimate of drug-likeness (QED) is 0.220. The summed E-state index contributed by atoms with van der Waals surface area (Å²) >= 11 is 7.53. The van der Waals surface area contributed by atoms with Gasteiger partial charge in [0.15, 0.2) is 6.20 Å². The van der Waals surface area contributed by atoms with E-state index < -0.39 is 11.7 Å². The number of carbonyl (C=O) groups excluding carboxylic acids is 1. The standard InChI is InChI=1S/C26H19ClN6O4S/c27-17-3-6-19(22-13-38-32-31-22)20(10-17)16-9-15-7-8-26(35,23(15)33(36)12-16)24-29-11-21(30-24)14-1-4-18(5-2-14)37-25(28)34/h1-6,9-13,35H,7-8H2,(H2,28,34)(H,29,30). The van der Waals surface area contributed by atoms with Crippen LogP contribution in [0.4, 0.5) is 4.79 Å². The highest BCUT2D eigenvalue weighted by Crippen LogP contribution is 2.42. The second kappa shape index (κ2) is 9.21. The number of H-pyrrole nitrogens is 1. The summed E-state index contributed by atoms with van der Waals surface area (Å²) in [6.45, 7) is 0. The Hall–Kier alpha value is -4.32. The average molecular weight is 547 g/mol. The number of benzene rings is 2. The number of rotatable bonds is 5. The molecule has 0 fully saturated rings. The maximum Gasteiger partial charge on any atom is 0.409 e. The highest BCUT2D eigenvalue weighted by Gasteiger charge is 2.48. The summed E-state index contributed by atoms with van der Waals surface area (Å²) in [5, 5.41) is 31.6. The molecule has 0 aliphatic heterocycles. The van der Waals surface area contributed by atoms with Crippen molar-refractivity contribution in [1.29, 1.82) is 0 Å². The number of primary amides is 1. The van der Waals surface area contributed by atoms with E-state index in [9.17, 15) is 15.1 Å². The predicted octanol–water partition coefficient (Wildman–Crippen LogP) is 4.19. The number of hydrogen-bond acceptors (Lipinski definition) is 8. The highest BCUT2D eigenvalue weighted by atomic mass is 35.5. The predicted molar refractivity (Wildman–Crippen MR) is 140 cm³/mol. The van der Waals surface area contributed by atoms with E-state index in [0.29, 0.717) is 44.4 Å². The molecule has 0 saturated carbocycles. The highest BCUT2D eigenvalue weighted by molar-refractivity contribution is 7.03. The van der Waals surface area contributed by atoms with Crippen LogP contribution in [-0.4, -0.2) is 30.8 Å². The molecule has 6 rings (SSSR count). The van der Waals surface area contributed by atoms with Crippen molar-refractivity contribution in [1.82, 2.24) is 19.6 Å². The number of aliphatic hydroxyl groups is 1. The van der Waals surface area contributed by atoms with E-state index in [1.165, 1.54) is 17.7 Å². The van der Waals surface area contributed by atoms with Gasteiger partial charge in [-0.2, -0.15) is 4.73 Å². The van der Waals surface area contributed by atoms with Gasteiger partial charge in [-0.3, -0.25) is 0 Å². The van der Waals surface area contributed by atoms with E-state index >= 15 is 0 Å². The third-order valence-electron chi connectivity index (χ3n) is 6.53. The number of aromatic amines is 1. The van der Waals surface area contributed by atoms with Crippen LogP contribution in [0.2, 0.25) is 5.02 Å². The Morgan fingerprint density at radius 3 is 2.71 bits per heavy atom. The van der Waals surface area contributed by atoms with Gasteiger partial charge in [-0.15, -0.1) is 5.10 Å². The number of imidazole rings is 1. The van der Waals surface area contributed by atoms with Crippen molar-refractivity contribution in [3.05, 3.63) is 93.6 Å². The first kappa shape index (κ1) is 24.0. The molecule has 0 spiro atoms. The van der Waals surface area contributed by atoms with Crippen molar-refractivity contribution < 1.29 is 19.4 Å². The van der Waals surface area contributed by atoms with Crippen molar-refractivity contribution in [2.75, 3.05) is 0 Å². The third kappa shape index (κ3) is 4.16. The normalized spacial score (nSPS) is 16.4. The first-order valence-corrected chi connectivity index (χ1v) is 12.7. The molecule has 2 aromatic carbocycles. The summed E-state index contributed by atoms with van der Waals surface area (Å²) in [6, 6.07) is 13.9. The zero-order chi connectivity index (χ0) is 26.4. The molecule has 0 radical (unpaired) electrons. The first-order valence-electron chi connectivity index (χ1n) is 11.5. The molecule has 1 aliphatic rings. The summed E-state index contributed by atoms with van der Waals surface area (Å²) in [7, 11) is 0.